The van der Waals surface area contributed by atoms with Crippen LogP contribution < -0.4 is 10.9 Å². The highest BCUT2D eigenvalue weighted by Gasteiger charge is 2.34. The molecule has 22 heavy (non-hydrogen) atoms. The number of fused-ring (bicyclic) bond motifs is 2. The standard InChI is InChI=1S/C16H16F3NO2/c1-2-9-3-4-10-5-11-12(16(17,18)19)6-15(21)22-14(11)7-13(10)20-8-9/h5-7,9,20H,2-4,8H2,1H3. The molecule has 1 aromatic heterocycles. The Morgan fingerprint density at radius 1 is 1.32 bits per heavy atom. The SMILES string of the molecule is CCC1CCc2cc3c(C(F)(F)F)cc(=O)oc3cc2NC1. The molecule has 0 spiro atoms. The molecule has 2 heterocycles. The zero-order chi connectivity index (χ0) is 15.9. The van der Waals surface area contributed by atoms with Crippen molar-refractivity contribution in [2.24, 2.45) is 5.92 Å². The number of nitrogens with one attached hydrogen (secondary N) is 1. The second-order valence-corrected chi connectivity index (χ2v) is 5.68. The lowest BCUT2D eigenvalue weighted by molar-refractivity contribution is -0.136. The van der Waals surface area contributed by atoms with Crippen molar-refractivity contribution >= 4 is 16.7 Å². The minimum atomic E-state index is -4.58. The summed E-state index contributed by atoms with van der Waals surface area (Å²) in [5.74, 6) is 0.490. The zero-order valence-corrected chi connectivity index (χ0v) is 12.1. The second-order valence-electron chi connectivity index (χ2n) is 5.68. The molecular formula is C16H16F3NO2. The maximum Gasteiger partial charge on any atom is 0.417 e. The first-order valence-electron chi connectivity index (χ1n) is 7.30. The molecule has 6 heteroatoms. The highest BCUT2D eigenvalue weighted by atomic mass is 19.4. The third-order valence-electron chi connectivity index (χ3n) is 4.25. The van der Waals surface area contributed by atoms with Crippen LogP contribution in [0.4, 0.5) is 18.9 Å². The minimum Gasteiger partial charge on any atom is -0.423 e. The third kappa shape index (κ3) is 2.69. The summed E-state index contributed by atoms with van der Waals surface area (Å²) in [7, 11) is 0. The Morgan fingerprint density at radius 3 is 2.77 bits per heavy atom. The summed E-state index contributed by atoms with van der Waals surface area (Å²) in [5.41, 5.74) is -0.354. The van der Waals surface area contributed by atoms with Gasteiger partial charge in [0.1, 0.15) is 5.58 Å². The van der Waals surface area contributed by atoms with Crippen molar-refractivity contribution in [3.63, 3.8) is 0 Å². The summed E-state index contributed by atoms with van der Waals surface area (Å²) in [5, 5.41) is 3.20. The molecule has 0 aliphatic carbocycles. The van der Waals surface area contributed by atoms with Gasteiger partial charge in [-0.2, -0.15) is 13.2 Å². The minimum absolute atomic E-state index is 0.0268. The lowest BCUT2D eigenvalue weighted by atomic mass is 9.97. The van der Waals surface area contributed by atoms with Gasteiger partial charge in [0, 0.05) is 29.8 Å². The Morgan fingerprint density at radius 2 is 2.09 bits per heavy atom. The molecule has 1 atom stereocenters. The average molecular weight is 311 g/mol. The quantitative estimate of drug-likeness (QED) is 0.803. The first kappa shape index (κ1) is 14.9. The molecule has 118 valence electrons. The molecule has 1 aromatic carbocycles. The molecule has 1 aliphatic heterocycles. The highest BCUT2D eigenvalue weighted by Crippen LogP contribution is 2.37. The molecule has 0 amide bonds. The van der Waals surface area contributed by atoms with Crippen LogP contribution in [0.1, 0.15) is 30.9 Å². The van der Waals surface area contributed by atoms with Gasteiger partial charge in [0.25, 0.3) is 0 Å². The van der Waals surface area contributed by atoms with Crippen LogP contribution >= 0.6 is 0 Å². The van der Waals surface area contributed by atoms with Gasteiger partial charge >= 0.3 is 11.8 Å². The van der Waals surface area contributed by atoms with Crippen LogP contribution in [0.5, 0.6) is 0 Å². The molecule has 1 N–H and O–H groups in total. The summed E-state index contributed by atoms with van der Waals surface area (Å²) < 4.78 is 44.4. The van der Waals surface area contributed by atoms with Gasteiger partial charge in [0.05, 0.1) is 5.56 Å². The largest absolute Gasteiger partial charge is 0.423 e. The van der Waals surface area contributed by atoms with Gasteiger partial charge in [-0.15, -0.1) is 0 Å². The van der Waals surface area contributed by atoms with Gasteiger partial charge < -0.3 is 9.73 Å². The first-order chi connectivity index (χ1) is 10.4. The van der Waals surface area contributed by atoms with Crippen molar-refractivity contribution in [2.45, 2.75) is 32.4 Å². The molecule has 1 aliphatic rings. The predicted octanol–water partition coefficient (Wildman–Crippen LogP) is 4.20. The second kappa shape index (κ2) is 5.34. The van der Waals surface area contributed by atoms with E-state index in [9.17, 15) is 18.0 Å². The molecule has 2 aromatic rings. The summed E-state index contributed by atoms with van der Waals surface area (Å²) in [6, 6.07) is 3.54. The summed E-state index contributed by atoms with van der Waals surface area (Å²) in [6.45, 7) is 2.87. The van der Waals surface area contributed by atoms with Gasteiger partial charge in [0.2, 0.25) is 0 Å². The summed E-state index contributed by atoms with van der Waals surface area (Å²) >= 11 is 0. The predicted molar refractivity (Wildman–Crippen MR) is 78.1 cm³/mol. The maximum atomic E-state index is 13.1. The number of halogens is 3. The van der Waals surface area contributed by atoms with Crippen molar-refractivity contribution in [1.82, 2.24) is 0 Å². The first-order valence-corrected chi connectivity index (χ1v) is 7.30. The van der Waals surface area contributed by atoms with Crippen molar-refractivity contribution < 1.29 is 17.6 Å². The number of aryl methyl sites for hydroxylation is 1. The van der Waals surface area contributed by atoms with Crippen LogP contribution in [-0.2, 0) is 12.6 Å². The number of hydrogen-bond donors (Lipinski definition) is 1. The van der Waals surface area contributed by atoms with E-state index in [-0.39, 0.29) is 11.0 Å². The molecule has 0 radical (unpaired) electrons. The monoisotopic (exact) mass is 311 g/mol. The number of alkyl halides is 3. The van der Waals surface area contributed by atoms with Gasteiger partial charge in [-0.25, -0.2) is 4.79 Å². The lowest BCUT2D eigenvalue weighted by Crippen LogP contribution is -2.12. The zero-order valence-electron chi connectivity index (χ0n) is 12.1. The fourth-order valence-corrected chi connectivity index (χ4v) is 2.92. The number of anilines is 1. The van der Waals surface area contributed by atoms with Crippen molar-refractivity contribution in [1.29, 1.82) is 0 Å². The normalized spacial score (nSPS) is 18.6. The van der Waals surface area contributed by atoms with Crippen molar-refractivity contribution in [3.8, 4) is 0 Å². The van der Waals surface area contributed by atoms with E-state index in [2.05, 4.69) is 12.2 Å². The molecular weight excluding hydrogens is 295 g/mol. The van der Waals surface area contributed by atoms with Crippen LogP contribution in [0.2, 0.25) is 0 Å². The molecule has 1 unspecified atom stereocenters. The number of hydrogen-bond acceptors (Lipinski definition) is 3. The third-order valence-corrected chi connectivity index (χ3v) is 4.25. The van der Waals surface area contributed by atoms with E-state index in [1.54, 1.807) is 0 Å². The average Bonchev–Trinajstić information content (AvgIpc) is 2.65. The van der Waals surface area contributed by atoms with E-state index in [0.29, 0.717) is 18.4 Å². The van der Waals surface area contributed by atoms with Crippen LogP contribution in [0.3, 0.4) is 0 Å². The fraction of sp³-hybridized carbons (Fsp3) is 0.438. The molecule has 0 fully saturated rings. The van der Waals surface area contributed by atoms with Gasteiger partial charge in [-0.1, -0.05) is 13.3 Å². The topological polar surface area (TPSA) is 42.2 Å². The summed E-state index contributed by atoms with van der Waals surface area (Å²) in [6.07, 6.45) is -1.91. The van der Waals surface area contributed by atoms with E-state index in [1.165, 1.54) is 12.1 Å². The molecule has 3 rings (SSSR count). The highest BCUT2D eigenvalue weighted by molar-refractivity contribution is 5.85. The van der Waals surface area contributed by atoms with Gasteiger partial charge in [-0.3, -0.25) is 0 Å². The smallest absolute Gasteiger partial charge is 0.417 e. The molecule has 0 bridgehead atoms. The van der Waals surface area contributed by atoms with E-state index in [0.717, 1.165) is 30.6 Å². The van der Waals surface area contributed by atoms with E-state index < -0.39 is 17.4 Å². The number of benzene rings is 1. The Labute approximate surface area is 125 Å². The fourth-order valence-electron chi connectivity index (χ4n) is 2.92. The van der Waals surface area contributed by atoms with Gasteiger partial charge in [0.15, 0.2) is 0 Å². The van der Waals surface area contributed by atoms with E-state index in [4.69, 9.17) is 4.42 Å². The Balaban J connectivity index is 2.18. The molecule has 3 nitrogen and oxygen atoms in total. The number of rotatable bonds is 1. The molecule has 0 saturated carbocycles. The Kier molecular flexibility index (Phi) is 3.62. The van der Waals surface area contributed by atoms with Gasteiger partial charge in [-0.05, 0) is 30.4 Å². The lowest BCUT2D eigenvalue weighted by Gasteiger charge is -2.13. The Hall–Kier alpha value is -1.98. The summed E-state index contributed by atoms with van der Waals surface area (Å²) in [4.78, 5) is 11.4. The van der Waals surface area contributed by atoms with Crippen LogP contribution in [-0.4, -0.2) is 6.54 Å². The van der Waals surface area contributed by atoms with Crippen LogP contribution in [0.15, 0.2) is 27.4 Å². The van der Waals surface area contributed by atoms with Crippen molar-refractivity contribution in [3.05, 3.63) is 39.7 Å². The van der Waals surface area contributed by atoms with E-state index in [1.807, 2.05) is 0 Å². The maximum absolute atomic E-state index is 13.1. The van der Waals surface area contributed by atoms with Crippen LogP contribution in [0.25, 0.3) is 11.0 Å². The van der Waals surface area contributed by atoms with Crippen molar-refractivity contribution in [2.75, 3.05) is 11.9 Å². The van der Waals surface area contributed by atoms with Crippen LogP contribution in [0, 0.1) is 5.92 Å². The van der Waals surface area contributed by atoms with E-state index >= 15 is 0 Å². The Bertz CT molecular complexity index is 764. The molecule has 0 saturated heterocycles.